The van der Waals surface area contributed by atoms with Gasteiger partial charge in [0.25, 0.3) is 0 Å². The summed E-state index contributed by atoms with van der Waals surface area (Å²) >= 11 is 1.33. The first-order valence-corrected chi connectivity index (χ1v) is 11.3. The molecule has 6 nitrogen and oxygen atoms in total. The van der Waals surface area contributed by atoms with E-state index in [9.17, 15) is 9.59 Å². The van der Waals surface area contributed by atoms with Crippen LogP contribution in [0.2, 0.25) is 0 Å². The molecule has 3 rings (SSSR count). The Labute approximate surface area is 187 Å². The number of nitrogens with zero attached hydrogens (tertiary/aromatic N) is 3. The largest absolute Gasteiger partial charge is 0.466 e. The van der Waals surface area contributed by atoms with E-state index in [2.05, 4.69) is 24.0 Å². The number of hydrogen-bond donors (Lipinski definition) is 0. The van der Waals surface area contributed by atoms with E-state index in [0.29, 0.717) is 35.6 Å². The number of rotatable bonds is 10. The Hall–Kier alpha value is -2.93. The second-order valence-electron chi connectivity index (χ2n) is 7.44. The Balaban J connectivity index is 1.75. The Morgan fingerprint density at radius 3 is 2.39 bits per heavy atom. The van der Waals surface area contributed by atoms with Crippen LogP contribution in [0.5, 0.6) is 0 Å². The SMILES string of the molecule is CCOC(=O)Cc1nnc(SCC(=O)c2ccc(C(C)C)cc2)n1Cc1ccccc1. The van der Waals surface area contributed by atoms with Gasteiger partial charge in [-0.1, -0.05) is 80.2 Å². The van der Waals surface area contributed by atoms with Gasteiger partial charge in [0.15, 0.2) is 10.9 Å². The van der Waals surface area contributed by atoms with E-state index < -0.39 is 0 Å². The van der Waals surface area contributed by atoms with Gasteiger partial charge >= 0.3 is 5.97 Å². The van der Waals surface area contributed by atoms with Crippen LogP contribution >= 0.6 is 11.8 Å². The maximum atomic E-state index is 12.7. The summed E-state index contributed by atoms with van der Waals surface area (Å²) in [7, 11) is 0. The molecule has 31 heavy (non-hydrogen) atoms. The molecule has 1 aromatic heterocycles. The highest BCUT2D eigenvalue weighted by Gasteiger charge is 2.18. The minimum Gasteiger partial charge on any atom is -0.466 e. The van der Waals surface area contributed by atoms with Crippen LogP contribution in [0, 0.1) is 0 Å². The molecule has 0 atom stereocenters. The third kappa shape index (κ3) is 6.28. The van der Waals surface area contributed by atoms with Crippen molar-refractivity contribution in [2.24, 2.45) is 0 Å². The first kappa shape index (κ1) is 22.7. The van der Waals surface area contributed by atoms with Crippen molar-refractivity contribution in [1.29, 1.82) is 0 Å². The normalized spacial score (nSPS) is 11.0. The molecular weight excluding hydrogens is 410 g/mol. The number of aromatic nitrogens is 3. The Morgan fingerprint density at radius 1 is 1.03 bits per heavy atom. The summed E-state index contributed by atoms with van der Waals surface area (Å²) < 4.78 is 6.94. The lowest BCUT2D eigenvalue weighted by Crippen LogP contribution is -2.14. The predicted molar refractivity (Wildman–Crippen MR) is 121 cm³/mol. The fourth-order valence-corrected chi connectivity index (χ4v) is 3.94. The van der Waals surface area contributed by atoms with Gasteiger partial charge < -0.3 is 9.30 Å². The summed E-state index contributed by atoms with van der Waals surface area (Å²) in [5, 5.41) is 9.05. The fraction of sp³-hybridized carbons (Fsp3) is 0.333. The van der Waals surface area contributed by atoms with Gasteiger partial charge in [-0.3, -0.25) is 9.59 Å². The molecule has 0 bridgehead atoms. The van der Waals surface area contributed by atoms with E-state index in [0.717, 1.165) is 5.56 Å². The Kier molecular flexibility index (Phi) is 8.00. The van der Waals surface area contributed by atoms with Crippen LogP contribution in [0.3, 0.4) is 0 Å². The van der Waals surface area contributed by atoms with E-state index in [1.165, 1.54) is 17.3 Å². The second kappa shape index (κ2) is 10.9. The van der Waals surface area contributed by atoms with E-state index >= 15 is 0 Å². The molecule has 0 unspecified atom stereocenters. The van der Waals surface area contributed by atoms with Crippen LogP contribution in [0.15, 0.2) is 59.8 Å². The van der Waals surface area contributed by atoms with Crippen molar-refractivity contribution in [3.8, 4) is 0 Å². The van der Waals surface area contributed by atoms with Crippen molar-refractivity contribution < 1.29 is 14.3 Å². The van der Waals surface area contributed by atoms with Crippen LogP contribution in [-0.2, 0) is 22.5 Å². The Morgan fingerprint density at radius 2 is 1.74 bits per heavy atom. The number of carbonyl (C=O) groups excluding carboxylic acids is 2. The molecule has 0 radical (unpaired) electrons. The van der Waals surface area contributed by atoms with Crippen LogP contribution in [0.1, 0.15) is 54.0 Å². The van der Waals surface area contributed by atoms with Gasteiger partial charge in [-0.2, -0.15) is 0 Å². The smallest absolute Gasteiger partial charge is 0.313 e. The molecule has 2 aromatic carbocycles. The Bertz CT molecular complexity index is 1010. The molecular formula is C24H27N3O3S. The number of ketones is 1. The summed E-state index contributed by atoms with van der Waals surface area (Å²) in [6.07, 6.45) is 0.0405. The third-order valence-electron chi connectivity index (χ3n) is 4.82. The zero-order chi connectivity index (χ0) is 22.2. The molecule has 7 heteroatoms. The second-order valence-corrected chi connectivity index (χ2v) is 8.38. The lowest BCUT2D eigenvalue weighted by Gasteiger charge is -2.10. The standard InChI is InChI=1S/C24H27N3O3S/c1-4-30-23(29)14-22-25-26-24(27(22)15-18-8-6-5-7-9-18)31-16-21(28)20-12-10-19(11-13-20)17(2)3/h5-13,17H,4,14-16H2,1-3H3. The average molecular weight is 438 g/mol. The van der Waals surface area contributed by atoms with Crippen molar-refractivity contribution in [2.45, 2.75) is 44.8 Å². The van der Waals surface area contributed by atoms with Crippen LogP contribution < -0.4 is 0 Å². The molecule has 0 aliphatic heterocycles. The highest BCUT2D eigenvalue weighted by molar-refractivity contribution is 7.99. The molecule has 0 fully saturated rings. The molecule has 1 heterocycles. The molecule has 0 saturated carbocycles. The highest BCUT2D eigenvalue weighted by atomic mass is 32.2. The number of Topliss-reactive ketones (excluding diaryl/α,β-unsaturated/α-hetero) is 1. The monoisotopic (exact) mass is 437 g/mol. The molecule has 0 aliphatic carbocycles. The molecule has 0 saturated heterocycles. The first-order valence-electron chi connectivity index (χ1n) is 10.4. The highest BCUT2D eigenvalue weighted by Crippen LogP contribution is 2.22. The summed E-state index contributed by atoms with van der Waals surface area (Å²) in [6.45, 7) is 6.85. The van der Waals surface area contributed by atoms with E-state index in [4.69, 9.17) is 4.74 Å². The number of hydrogen-bond acceptors (Lipinski definition) is 6. The van der Waals surface area contributed by atoms with Gasteiger partial charge in [0.2, 0.25) is 0 Å². The summed E-state index contributed by atoms with van der Waals surface area (Å²) in [6, 6.07) is 17.6. The minimum absolute atomic E-state index is 0.0292. The lowest BCUT2D eigenvalue weighted by molar-refractivity contribution is -0.142. The summed E-state index contributed by atoms with van der Waals surface area (Å²) in [4.78, 5) is 24.7. The van der Waals surface area contributed by atoms with Crippen molar-refractivity contribution in [1.82, 2.24) is 14.8 Å². The number of benzene rings is 2. The van der Waals surface area contributed by atoms with Crippen LogP contribution in [0.4, 0.5) is 0 Å². The zero-order valence-electron chi connectivity index (χ0n) is 18.1. The fourth-order valence-electron chi connectivity index (χ4n) is 3.09. The summed E-state index contributed by atoms with van der Waals surface area (Å²) in [5.74, 6) is 0.878. The number of carbonyl (C=O) groups is 2. The number of ether oxygens (including phenoxy) is 1. The topological polar surface area (TPSA) is 74.1 Å². The summed E-state index contributed by atoms with van der Waals surface area (Å²) in [5.41, 5.74) is 2.94. The van der Waals surface area contributed by atoms with Gasteiger partial charge in [-0.05, 0) is 24.0 Å². The lowest BCUT2D eigenvalue weighted by atomic mass is 10.0. The maximum Gasteiger partial charge on any atom is 0.313 e. The van der Waals surface area contributed by atoms with Crippen molar-refractivity contribution in [3.63, 3.8) is 0 Å². The van der Waals surface area contributed by atoms with E-state index in [-0.39, 0.29) is 23.9 Å². The number of esters is 1. The van der Waals surface area contributed by atoms with Crippen molar-refractivity contribution >= 4 is 23.5 Å². The van der Waals surface area contributed by atoms with Crippen molar-refractivity contribution in [3.05, 3.63) is 77.1 Å². The van der Waals surface area contributed by atoms with Crippen LogP contribution in [-0.4, -0.2) is 38.9 Å². The molecule has 0 N–H and O–H groups in total. The predicted octanol–water partition coefficient (Wildman–Crippen LogP) is 4.53. The zero-order valence-corrected chi connectivity index (χ0v) is 18.9. The van der Waals surface area contributed by atoms with Gasteiger partial charge in [0.1, 0.15) is 12.2 Å². The molecule has 3 aromatic rings. The van der Waals surface area contributed by atoms with Gasteiger partial charge in [-0.25, -0.2) is 0 Å². The van der Waals surface area contributed by atoms with Gasteiger partial charge in [-0.15, -0.1) is 10.2 Å². The third-order valence-corrected chi connectivity index (χ3v) is 5.78. The molecule has 0 spiro atoms. The average Bonchev–Trinajstić information content (AvgIpc) is 3.14. The van der Waals surface area contributed by atoms with Crippen LogP contribution in [0.25, 0.3) is 0 Å². The van der Waals surface area contributed by atoms with Gasteiger partial charge in [0.05, 0.1) is 18.9 Å². The van der Waals surface area contributed by atoms with E-state index in [1.54, 1.807) is 6.92 Å². The number of thioether (sulfide) groups is 1. The molecule has 162 valence electrons. The van der Waals surface area contributed by atoms with Gasteiger partial charge in [0, 0.05) is 5.56 Å². The minimum atomic E-state index is -0.345. The molecule has 0 amide bonds. The molecule has 0 aliphatic rings. The van der Waals surface area contributed by atoms with E-state index in [1.807, 2.05) is 59.2 Å². The first-order chi connectivity index (χ1) is 15.0. The quantitative estimate of drug-likeness (QED) is 0.264. The maximum absolute atomic E-state index is 12.7. The van der Waals surface area contributed by atoms with Crippen molar-refractivity contribution in [2.75, 3.05) is 12.4 Å².